The van der Waals surface area contributed by atoms with Crippen LogP contribution in [0.4, 0.5) is 0 Å². The number of likely N-dealkylation sites (N-methyl/N-ethyl adjacent to an activating group) is 1. The molecular formula is C18H31N3. The Morgan fingerprint density at radius 1 is 1.19 bits per heavy atom. The maximum absolute atomic E-state index is 4.72. The normalized spacial score (nSPS) is 30.2. The lowest BCUT2D eigenvalue weighted by Crippen LogP contribution is -2.43. The predicted molar refractivity (Wildman–Crippen MR) is 87.5 cm³/mol. The van der Waals surface area contributed by atoms with Gasteiger partial charge in [0.1, 0.15) is 0 Å². The molecule has 118 valence electrons. The van der Waals surface area contributed by atoms with E-state index in [9.17, 15) is 0 Å². The van der Waals surface area contributed by atoms with E-state index >= 15 is 0 Å². The minimum atomic E-state index is 0.414. The maximum Gasteiger partial charge on any atom is 0.0954 e. The van der Waals surface area contributed by atoms with Crippen LogP contribution in [0.15, 0.2) is 6.33 Å². The van der Waals surface area contributed by atoms with E-state index < -0.39 is 0 Å². The van der Waals surface area contributed by atoms with Crippen molar-refractivity contribution in [2.75, 3.05) is 7.05 Å². The molecule has 0 amide bonds. The number of nitrogens with one attached hydrogen (secondary N) is 1. The van der Waals surface area contributed by atoms with Gasteiger partial charge >= 0.3 is 0 Å². The highest BCUT2D eigenvalue weighted by Gasteiger charge is 2.37. The smallest absolute Gasteiger partial charge is 0.0954 e. The summed E-state index contributed by atoms with van der Waals surface area (Å²) in [6.07, 6.45) is 11.1. The van der Waals surface area contributed by atoms with E-state index in [1.54, 1.807) is 0 Å². The zero-order valence-electron chi connectivity index (χ0n) is 14.2. The fourth-order valence-corrected chi connectivity index (χ4v) is 4.36. The summed E-state index contributed by atoms with van der Waals surface area (Å²) < 4.78 is 2.54. The molecule has 1 N–H and O–H groups in total. The Hall–Kier alpha value is -0.830. The summed E-state index contributed by atoms with van der Waals surface area (Å²) in [7, 11) is 2.12. The van der Waals surface area contributed by atoms with Crippen molar-refractivity contribution in [2.45, 2.75) is 77.8 Å². The van der Waals surface area contributed by atoms with Crippen LogP contribution in [0.1, 0.15) is 70.3 Å². The lowest BCUT2D eigenvalue weighted by Gasteiger charge is -2.43. The molecule has 2 aliphatic rings. The lowest BCUT2D eigenvalue weighted by atomic mass is 9.69. The van der Waals surface area contributed by atoms with E-state index in [0.717, 1.165) is 5.92 Å². The van der Waals surface area contributed by atoms with Crippen molar-refractivity contribution in [2.24, 2.45) is 11.3 Å². The number of rotatable bonds is 2. The van der Waals surface area contributed by atoms with E-state index in [-0.39, 0.29) is 0 Å². The van der Waals surface area contributed by atoms with Gasteiger partial charge in [-0.3, -0.25) is 0 Å². The SMILES string of the molecule is CNC1CCC(C(C)(C)C)CC1n1cnc2c1CCCC2. The quantitative estimate of drug-likeness (QED) is 0.899. The molecule has 1 heterocycles. The second-order valence-corrected chi connectivity index (χ2v) is 8.09. The van der Waals surface area contributed by atoms with Crippen molar-refractivity contribution in [1.82, 2.24) is 14.9 Å². The van der Waals surface area contributed by atoms with Crippen molar-refractivity contribution in [3.8, 4) is 0 Å². The van der Waals surface area contributed by atoms with Crippen LogP contribution in [0, 0.1) is 11.3 Å². The van der Waals surface area contributed by atoms with E-state index in [0.29, 0.717) is 17.5 Å². The summed E-state index contributed by atoms with van der Waals surface area (Å²) in [6, 6.07) is 1.19. The van der Waals surface area contributed by atoms with Crippen LogP contribution in [-0.4, -0.2) is 22.6 Å². The minimum Gasteiger partial charge on any atom is -0.330 e. The van der Waals surface area contributed by atoms with Crippen LogP contribution >= 0.6 is 0 Å². The second-order valence-electron chi connectivity index (χ2n) is 8.09. The molecule has 0 radical (unpaired) electrons. The van der Waals surface area contributed by atoms with Crippen LogP contribution in [-0.2, 0) is 12.8 Å². The highest BCUT2D eigenvalue weighted by Crippen LogP contribution is 2.43. The van der Waals surface area contributed by atoms with Gasteiger partial charge in [-0.05, 0) is 63.3 Å². The molecule has 0 aromatic carbocycles. The van der Waals surface area contributed by atoms with Gasteiger partial charge in [0.2, 0.25) is 0 Å². The summed E-state index contributed by atoms with van der Waals surface area (Å²) >= 11 is 0. The molecule has 1 saturated carbocycles. The van der Waals surface area contributed by atoms with Crippen molar-refractivity contribution >= 4 is 0 Å². The molecule has 3 nitrogen and oxygen atoms in total. The van der Waals surface area contributed by atoms with Gasteiger partial charge in [-0.2, -0.15) is 0 Å². The maximum atomic E-state index is 4.72. The molecular weight excluding hydrogens is 258 g/mol. The number of nitrogens with zero attached hydrogens (tertiary/aromatic N) is 2. The van der Waals surface area contributed by atoms with E-state index in [1.807, 2.05) is 0 Å². The third-order valence-corrected chi connectivity index (χ3v) is 5.83. The first-order valence-electron chi connectivity index (χ1n) is 8.72. The Labute approximate surface area is 129 Å². The Morgan fingerprint density at radius 2 is 1.95 bits per heavy atom. The molecule has 3 atom stereocenters. The van der Waals surface area contributed by atoms with Gasteiger partial charge in [-0.1, -0.05) is 20.8 Å². The van der Waals surface area contributed by atoms with Gasteiger partial charge in [-0.15, -0.1) is 0 Å². The summed E-state index contributed by atoms with van der Waals surface area (Å²) in [4.78, 5) is 4.72. The Bertz CT molecular complexity index is 483. The third kappa shape index (κ3) is 2.90. The van der Waals surface area contributed by atoms with Gasteiger partial charge in [0.25, 0.3) is 0 Å². The molecule has 1 aromatic heterocycles. The molecule has 1 fully saturated rings. The Balaban J connectivity index is 1.88. The first-order valence-corrected chi connectivity index (χ1v) is 8.72. The van der Waals surface area contributed by atoms with Gasteiger partial charge < -0.3 is 9.88 Å². The molecule has 2 aliphatic carbocycles. The van der Waals surface area contributed by atoms with Crippen LogP contribution in [0.3, 0.4) is 0 Å². The van der Waals surface area contributed by atoms with E-state index in [1.165, 1.54) is 56.3 Å². The first-order chi connectivity index (χ1) is 10.0. The molecule has 1 aromatic rings. The Kier molecular flexibility index (Phi) is 4.13. The summed E-state index contributed by atoms with van der Waals surface area (Å²) in [5.41, 5.74) is 3.31. The fourth-order valence-electron chi connectivity index (χ4n) is 4.36. The van der Waals surface area contributed by atoms with Crippen molar-refractivity contribution in [3.05, 3.63) is 17.7 Å². The van der Waals surface area contributed by atoms with Crippen LogP contribution in [0.5, 0.6) is 0 Å². The van der Waals surface area contributed by atoms with E-state index in [2.05, 4.69) is 44.0 Å². The lowest BCUT2D eigenvalue weighted by molar-refractivity contribution is 0.119. The topological polar surface area (TPSA) is 29.9 Å². The van der Waals surface area contributed by atoms with Crippen LogP contribution in [0.2, 0.25) is 0 Å². The number of hydrogen-bond donors (Lipinski definition) is 1. The van der Waals surface area contributed by atoms with Crippen molar-refractivity contribution < 1.29 is 0 Å². The molecule has 0 spiro atoms. The largest absolute Gasteiger partial charge is 0.330 e. The molecule has 0 bridgehead atoms. The molecule has 21 heavy (non-hydrogen) atoms. The monoisotopic (exact) mass is 289 g/mol. The average molecular weight is 289 g/mol. The predicted octanol–water partition coefficient (Wildman–Crippen LogP) is 3.74. The average Bonchev–Trinajstić information content (AvgIpc) is 2.89. The molecule has 3 unspecified atom stereocenters. The number of fused-ring (bicyclic) bond motifs is 1. The molecule has 3 rings (SSSR count). The highest BCUT2D eigenvalue weighted by molar-refractivity contribution is 5.18. The van der Waals surface area contributed by atoms with Crippen molar-refractivity contribution in [3.63, 3.8) is 0 Å². The summed E-state index contributed by atoms with van der Waals surface area (Å²) in [6.45, 7) is 7.20. The number of aryl methyl sites for hydroxylation is 1. The highest BCUT2D eigenvalue weighted by atomic mass is 15.1. The van der Waals surface area contributed by atoms with Gasteiger partial charge in [0.15, 0.2) is 0 Å². The van der Waals surface area contributed by atoms with Gasteiger partial charge in [-0.25, -0.2) is 4.98 Å². The number of aromatic nitrogens is 2. The van der Waals surface area contributed by atoms with E-state index in [4.69, 9.17) is 4.98 Å². The molecule has 0 saturated heterocycles. The van der Waals surface area contributed by atoms with Gasteiger partial charge in [0.05, 0.1) is 18.1 Å². The number of hydrogen-bond acceptors (Lipinski definition) is 2. The fraction of sp³-hybridized carbons (Fsp3) is 0.833. The second kappa shape index (κ2) is 5.75. The zero-order chi connectivity index (χ0) is 15.0. The van der Waals surface area contributed by atoms with Gasteiger partial charge in [0, 0.05) is 11.7 Å². The van der Waals surface area contributed by atoms with Crippen LogP contribution < -0.4 is 5.32 Å². The first kappa shape index (κ1) is 15.1. The van der Waals surface area contributed by atoms with Crippen LogP contribution in [0.25, 0.3) is 0 Å². The number of imidazole rings is 1. The third-order valence-electron chi connectivity index (χ3n) is 5.83. The standard InChI is InChI=1S/C18H31N3/c1-18(2,3)13-9-10-14(19-4)17(11-13)21-12-20-15-7-5-6-8-16(15)21/h12-14,17,19H,5-11H2,1-4H3. The minimum absolute atomic E-state index is 0.414. The zero-order valence-corrected chi connectivity index (χ0v) is 14.2. The molecule has 3 heteroatoms. The molecule has 0 aliphatic heterocycles. The Morgan fingerprint density at radius 3 is 2.67 bits per heavy atom. The summed E-state index contributed by atoms with van der Waals surface area (Å²) in [5.74, 6) is 0.814. The summed E-state index contributed by atoms with van der Waals surface area (Å²) in [5, 5.41) is 3.57. The van der Waals surface area contributed by atoms with Crippen molar-refractivity contribution in [1.29, 1.82) is 0 Å².